The number of hydrogen-bond donors (Lipinski definition) is 1. The highest BCUT2D eigenvalue weighted by Gasteiger charge is 2.40. The minimum atomic E-state index is -0.459. The Morgan fingerprint density at radius 2 is 1.94 bits per heavy atom. The van der Waals surface area contributed by atoms with Crippen molar-refractivity contribution >= 4 is 34.2 Å². The van der Waals surface area contributed by atoms with Gasteiger partial charge in [0.05, 0.1) is 42.6 Å². The van der Waals surface area contributed by atoms with Crippen LogP contribution in [0.2, 0.25) is 5.02 Å². The highest BCUT2D eigenvalue weighted by Crippen LogP contribution is 2.31. The topological polar surface area (TPSA) is 97.1 Å². The Kier molecular flexibility index (Phi) is 6.07. The van der Waals surface area contributed by atoms with Gasteiger partial charge in [-0.1, -0.05) is 17.7 Å². The van der Waals surface area contributed by atoms with Gasteiger partial charge in [-0.05, 0) is 49.6 Å². The number of fused-ring (bicyclic) bond motifs is 3. The van der Waals surface area contributed by atoms with Gasteiger partial charge in [0.15, 0.2) is 6.61 Å². The number of hydrogen-bond acceptors (Lipinski definition) is 7. The lowest BCUT2D eigenvalue weighted by molar-refractivity contribution is -0.143. The molecule has 3 aromatic rings. The molecule has 0 radical (unpaired) electrons. The van der Waals surface area contributed by atoms with Crippen molar-refractivity contribution < 1.29 is 19.4 Å². The molecule has 3 aliphatic heterocycles. The number of β-amino-alcohol motifs (C(OH)–C–C–N with tert-alkyl or cyclic N) is 1. The van der Waals surface area contributed by atoms with Crippen LogP contribution in [0.15, 0.2) is 47.3 Å². The predicted octanol–water partition coefficient (Wildman–Crippen LogP) is 2.38. The molecule has 3 fully saturated rings. The second-order valence-corrected chi connectivity index (χ2v) is 10.0. The fraction of sp³-hybridized carbons (Fsp3) is 0.423. The number of amides is 1. The van der Waals surface area contributed by atoms with E-state index in [4.69, 9.17) is 21.1 Å². The summed E-state index contributed by atoms with van der Waals surface area (Å²) in [5, 5.41) is 11.2. The van der Waals surface area contributed by atoms with Crippen molar-refractivity contribution in [3.8, 4) is 11.4 Å². The van der Waals surface area contributed by atoms with Gasteiger partial charge in [0, 0.05) is 29.6 Å². The first-order valence-electron chi connectivity index (χ1n) is 12.3. The summed E-state index contributed by atoms with van der Waals surface area (Å²) in [5.74, 6) is 0.970. The largest absolute Gasteiger partial charge is 0.484 e. The fourth-order valence-corrected chi connectivity index (χ4v) is 5.74. The Bertz CT molecular complexity index is 1360. The van der Waals surface area contributed by atoms with Gasteiger partial charge in [-0.15, -0.1) is 0 Å². The summed E-state index contributed by atoms with van der Waals surface area (Å²) >= 11 is 6.32. The Balaban J connectivity index is 1.30. The van der Waals surface area contributed by atoms with Crippen molar-refractivity contribution in [3.05, 3.63) is 58.0 Å². The molecule has 36 heavy (non-hydrogen) atoms. The van der Waals surface area contributed by atoms with E-state index in [1.54, 1.807) is 36.4 Å². The van der Waals surface area contributed by atoms with Gasteiger partial charge in [-0.2, -0.15) is 4.98 Å². The molecule has 6 rings (SSSR count). The number of nitrogens with zero attached hydrogens (tertiary/aromatic N) is 4. The number of aromatic nitrogens is 2. The van der Waals surface area contributed by atoms with Crippen molar-refractivity contribution in [1.82, 2.24) is 14.5 Å². The Morgan fingerprint density at radius 3 is 2.69 bits per heavy atom. The van der Waals surface area contributed by atoms with E-state index in [9.17, 15) is 14.7 Å². The van der Waals surface area contributed by atoms with E-state index >= 15 is 0 Å². The first-order valence-corrected chi connectivity index (χ1v) is 12.6. The molecule has 3 saturated heterocycles. The maximum Gasteiger partial charge on any atom is 0.354 e. The number of morpholine rings is 1. The number of halogens is 1. The summed E-state index contributed by atoms with van der Waals surface area (Å²) in [6, 6.07) is 12.7. The molecule has 3 aliphatic rings. The molecule has 1 aromatic heterocycles. The molecule has 3 atom stereocenters. The Morgan fingerprint density at radius 1 is 1.14 bits per heavy atom. The van der Waals surface area contributed by atoms with E-state index in [0.717, 1.165) is 18.2 Å². The van der Waals surface area contributed by atoms with Gasteiger partial charge in [0.2, 0.25) is 0 Å². The zero-order valence-electron chi connectivity index (χ0n) is 19.7. The maximum absolute atomic E-state index is 13.3. The maximum atomic E-state index is 13.3. The zero-order valence-corrected chi connectivity index (χ0v) is 20.4. The molecule has 2 bridgehead atoms. The summed E-state index contributed by atoms with van der Waals surface area (Å²) < 4.78 is 12.9. The van der Waals surface area contributed by atoms with Gasteiger partial charge in [0.25, 0.3) is 5.91 Å². The number of carbonyl (C=O) groups excluding carboxylic acids is 1. The van der Waals surface area contributed by atoms with Gasteiger partial charge in [-0.3, -0.25) is 9.36 Å². The summed E-state index contributed by atoms with van der Waals surface area (Å²) in [6.45, 7) is 2.13. The van der Waals surface area contributed by atoms with Crippen LogP contribution in [0.25, 0.3) is 16.6 Å². The van der Waals surface area contributed by atoms with Crippen molar-refractivity contribution in [2.24, 2.45) is 0 Å². The van der Waals surface area contributed by atoms with Gasteiger partial charge >= 0.3 is 5.69 Å². The van der Waals surface area contributed by atoms with Crippen molar-refractivity contribution in [3.63, 3.8) is 0 Å². The number of rotatable bonds is 5. The van der Waals surface area contributed by atoms with Crippen molar-refractivity contribution in [1.29, 1.82) is 0 Å². The third-order valence-electron chi connectivity index (χ3n) is 7.26. The van der Waals surface area contributed by atoms with Crippen LogP contribution in [0, 0.1) is 0 Å². The summed E-state index contributed by atoms with van der Waals surface area (Å²) in [7, 11) is 0. The molecule has 1 amide bonds. The molecule has 0 saturated carbocycles. The SMILES string of the molecule is O=C(COc1cccc(-n2c(=O)nc(N3CC[C@@H](O)C3)c3ccc(Cl)cc32)c1)N1C2CCC1COC2. The number of aliphatic hydroxyl groups is 1. The molecule has 2 aromatic carbocycles. The van der Waals surface area contributed by atoms with Crippen LogP contribution in [0.4, 0.5) is 5.82 Å². The molecule has 9 nitrogen and oxygen atoms in total. The second-order valence-electron chi connectivity index (χ2n) is 9.61. The van der Waals surface area contributed by atoms with E-state index in [-0.39, 0.29) is 24.6 Å². The molecule has 188 valence electrons. The van der Waals surface area contributed by atoms with E-state index < -0.39 is 11.8 Å². The lowest BCUT2D eigenvalue weighted by atomic mass is 10.2. The molecular weight excluding hydrogens is 484 g/mol. The quantitative estimate of drug-likeness (QED) is 0.563. The van der Waals surface area contributed by atoms with E-state index in [1.165, 1.54) is 4.57 Å². The van der Waals surface area contributed by atoms with E-state index in [2.05, 4.69) is 4.98 Å². The third-order valence-corrected chi connectivity index (χ3v) is 7.50. The van der Waals surface area contributed by atoms with Gasteiger partial charge < -0.3 is 24.4 Å². The number of ether oxygens (including phenoxy) is 2. The molecule has 1 N–H and O–H groups in total. The molecular formula is C26H27ClN4O5. The first kappa shape index (κ1) is 23.3. The van der Waals surface area contributed by atoms with Crippen LogP contribution < -0.4 is 15.3 Å². The third kappa shape index (κ3) is 4.21. The monoisotopic (exact) mass is 510 g/mol. The molecule has 10 heteroatoms. The standard InChI is InChI=1S/C26H27ClN4O5/c27-16-4-7-22-23(10-16)31(26(34)28-25(22)29-9-8-20(32)12-29)17-2-1-3-21(11-17)36-15-24(33)30-18-5-6-19(30)14-35-13-18/h1-4,7,10-11,18-20,32H,5-6,8-9,12-15H2/t18?,19?,20-/m1/s1. The van der Waals surface area contributed by atoms with Crippen LogP contribution in [-0.2, 0) is 9.53 Å². The van der Waals surface area contributed by atoms with E-state index in [1.807, 2.05) is 15.9 Å². The van der Waals surface area contributed by atoms with Crippen LogP contribution in [-0.4, -0.2) is 76.6 Å². The minimum absolute atomic E-state index is 0.0515. The highest BCUT2D eigenvalue weighted by molar-refractivity contribution is 6.31. The summed E-state index contributed by atoms with van der Waals surface area (Å²) in [6.07, 6.45) is 2.11. The normalized spacial score (nSPS) is 23.4. The fourth-order valence-electron chi connectivity index (χ4n) is 5.58. The molecule has 0 spiro atoms. The van der Waals surface area contributed by atoms with Gasteiger partial charge in [0.1, 0.15) is 11.6 Å². The highest BCUT2D eigenvalue weighted by atomic mass is 35.5. The summed E-state index contributed by atoms with van der Waals surface area (Å²) in [4.78, 5) is 34.4. The Hall–Kier alpha value is -3.14. The van der Waals surface area contributed by atoms with Crippen molar-refractivity contribution in [2.75, 3.05) is 37.8 Å². The lowest BCUT2D eigenvalue weighted by Crippen LogP contribution is -2.50. The van der Waals surface area contributed by atoms with Crippen molar-refractivity contribution in [2.45, 2.75) is 37.5 Å². The smallest absolute Gasteiger partial charge is 0.354 e. The first-order chi connectivity index (χ1) is 17.5. The predicted molar refractivity (Wildman–Crippen MR) is 135 cm³/mol. The summed E-state index contributed by atoms with van der Waals surface area (Å²) in [5.41, 5.74) is 0.709. The Labute approximate surface area is 212 Å². The van der Waals surface area contributed by atoms with Gasteiger partial charge in [-0.25, -0.2) is 4.79 Å². The zero-order chi connectivity index (χ0) is 24.8. The molecule has 4 heterocycles. The van der Waals surface area contributed by atoms with Crippen LogP contribution in [0.3, 0.4) is 0 Å². The van der Waals surface area contributed by atoms with Crippen LogP contribution in [0.1, 0.15) is 19.3 Å². The average molecular weight is 511 g/mol. The van der Waals surface area contributed by atoms with Crippen LogP contribution in [0.5, 0.6) is 5.75 Å². The van der Waals surface area contributed by atoms with E-state index in [0.29, 0.717) is 60.5 Å². The second kappa shape index (κ2) is 9.38. The molecule has 2 unspecified atom stereocenters. The van der Waals surface area contributed by atoms with Crippen LogP contribution >= 0.6 is 11.6 Å². The average Bonchev–Trinajstić information content (AvgIpc) is 3.41. The number of carbonyl (C=O) groups is 1. The number of aliphatic hydroxyl groups excluding tert-OH is 1. The number of benzene rings is 2. The minimum Gasteiger partial charge on any atom is -0.484 e. The lowest BCUT2D eigenvalue weighted by Gasteiger charge is -2.34. The molecule has 0 aliphatic carbocycles. The number of anilines is 1.